The van der Waals surface area contributed by atoms with E-state index in [2.05, 4.69) is 0 Å². The number of nitrogens with zero attached hydrogens (tertiary/aromatic N) is 2. The molecule has 23 heavy (non-hydrogen) atoms. The number of carbonyl (C=O) groups is 2. The van der Waals surface area contributed by atoms with Crippen molar-refractivity contribution in [3.63, 3.8) is 0 Å². The van der Waals surface area contributed by atoms with Crippen LogP contribution in [0.1, 0.15) is 31.1 Å². The van der Waals surface area contributed by atoms with Crippen LogP contribution in [0.3, 0.4) is 0 Å². The van der Waals surface area contributed by atoms with E-state index >= 15 is 0 Å². The highest BCUT2D eigenvalue weighted by molar-refractivity contribution is 5.95. The topological polar surface area (TPSA) is 102 Å². The molecule has 0 radical (unpaired) electrons. The second-order valence-corrected chi connectivity index (χ2v) is 6.59. The van der Waals surface area contributed by atoms with E-state index in [0.717, 1.165) is 5.69 Å². The zero-order valence-corrected chi connectivity index (χ0v) is 13.8. The third-order valence-corrected chi connectivity index (χ3v) is 3.59. The van der Waals surface area contributed by atoms with Gasteiger partial charge >= 0.3 is 6.09 Å². The van der Waals surface area contributed by atoms with Crippen molar-refractivity contribution in [1.82, 2.24) is 4.90 Å². The molecule has 0 saturated carbocycles. The summed E-state index contributed by atoms with van der Waals surface area (Å²) < 4.78 is 5.38. The van der Waals surface area contributed by atoms with E-state index < -0.39 is 11.5 Å². The third kappa shape index (κ3) is 4.28. The van der Waals surface area contributed by atoms with Crippen LogP contribution in [-0.2, 0) is 4.74 Å². The van der Waals surface area contributed by atoms with Gasteiger partial charge in [-0.3, -0.25) is 4.79 Å². The van der Waals surface area contributed by atoms with Crippen molar-refractivity contribution >= 4 is 23.4 Å². The van der Waals surface area contributed by atoms with Gasteiger partial charge in [0, 0.05) is 31.7 Å². The molecule has 0 atom stereocenters. The largest absolute Gasteiger partial charge is 0.444 e. The van der Waals surface area contributed by atoms with E-state index in [9.17, 15) is 9.59 Å². The highest BCUT2D eigenvalue weighted by Gasteiger charge is 2.26. The fourth-order valence-corrected chi connectivity index (χ4v) is 2.43. The summed E-state index contributed by atoms with van der Waals surface area (Å²) in [6.45, 7) is 7.84. The number of rotatable bonds is 2. The van der Waals surface area contributed by atoms with Crippen molar-refractivity contribution in [3.8, 4) is 0 Å². The summed E-state index contributed by atoms with van der Waals surface area (Å²) in [5, 5.41) is 0. The Hall–Kier alpha value is -2.44. The first-order chi connectivity index (χ1) is 10.7. The van der Waals surface area contributed by atoms with Crippen LogP contribution >= 0.6 is 0 Å². The van der Waals surface area contributed by atoms with Gasteiger partial charge < -0.3 is 26.0 Å². The number of benzene rings is 1. The number of carbonyl (C=O) groups excluding carboxylic acids is 2. The van der Waals surface area contributed by atoms with E-state index in [0.29, 0.717) is 37.4 Å². The molecule has 1 fully saturated rings. The van der Waals surface area contributed by atoms with Crippen molar-refractivity contribution in [2.75, 3.05) is 36.8 Å². The molecule has 4 N–H and O–H groups in total. The number of piperazine rings is 1. The maximum atomic E-state index is 12.1. The number of nitrogen functional groups attached to an aromatic ring is 1. The first kappa shape index (κ1) is 16.9. The Balaban J connectivity index is 2.03. The maximum absolute atomic E-state index is 12.1. The first-order valence-electron chi connectivity index (χ1n) is 7.59. The molecule has 0 bridgehead atoms. The Labute approximate surface area is 136 Å². The highest BCUT2D eigenvalue weighted by atomic mass is 16.6. The minimum absolute atomic E-state index is 0.309. The first-order valence-corrected chi connectivity index (χ1v) is 7.59. The van der Waals surface area contributed by atoms with Crippen molar-refractivity contribution < 1.29 is 14.3 Å². The summed E-state index contributed by atoms with van der Waals surface area (Å²) in [4.78, 5) is 27.1. The number of hydrogen-bond acceptors (Lipinski definition) is 5. The van der Waals surface area contributed by atoms with Crippen LogP contribution in [-0.4, -0.2) is 48.7 Å². The number of primary amides is 1. The van der Waals surface area contributed by atoms with Gasteiger partial charge in [-0.15, -0.1) is 0 Å². The lowest BCUT2D eigenvalue weighted by Crippen LogP contribution is -2.50. The molecule has 7 nitrogen and oxygen atoms in total. The Morgan fingerprint density at radius 2 is 1.74 bits per heavy atom. The Kier molecular flexibility index (Phi) is 4.68. The highest BCUT2D eigenvalue weighted by Crippen LogP contribution is 2.26. The van der Waals surface area contributed by atoms with Gasteiger partial charge in [0.25, 0.3) is 0 Å². The number of ether oxygens (including phenoxy) is 1. The monoisotopic (exact) mass is 320 g/mol. The fourth-order valence-electron chi connectivity index (χ4n) is 2.43. The fraction of sp³-hybridized carbons (Fsp3) is 0.500. The molecule has 2 amide bonds. The average Bonchev–Trinajstić information content (AvgIpc) is 2.46. The van der Waals surface area contributed by atoms with Gasteiger partial charge in [0.1, 0.15) is 5.60 Å². The Morgan fingerprint density at radius 1 is 1.13 bits per heavy atom. The van der Waals surface area contributed by atoms with Gasteiger partial charge in [0.15, 0.2) is 0 Å². The molecule has 1 aliphatic heterocycles. The molecule has 1 aromatic carbocycles. The summed E-state index contributed by atoms with van der Waals surface area (Å²) in [6.07, 6.45) is -0.309. The smallest absolute Gasteiger partial charge is 0.410 e. The van der Waals surface area contributed by atoms with Gasteiger partial charge in [0.05, 0.1) is 11.4 Å². The zero-order chi connectivity index (χ0) is 17.2. The van der Waals surface area contributed by atoms with E-state index in [1.54, 1.807) is 23.1 Å². The Bertz CT molecular complexity index is 602. The molecule has 0 aliphatic carbocycles. The molecule has 7 heteroatoms. The zero-order valence-electron chi connectivity index (χ0n) is 13.8. The molecule has 0 aromatic heterocycles. The number of anilines is 2. The van der Waals surface area contributed by atoms with Crippen LogP contribution < -0.4 is 16.4 Å². The van der Waals surface area contributed by atoms with E-state index in [-0.39, 0.29) is 6.09 Å². The van der Waals surface area contributed by atoms with Crippen LogP contribution in [0.5, 0.6) is 0 Å². The predicted molar refractivity (Wildman–Crippen MR) is 89.4 cm³/mol. The van der Waals surface area contributed by atoms with Gasteiger partial charge in [-0.2, -0.15) is 0 Å². The lowest BCUT2D eigenvalue weighted by Gasteiger charge is -2.37. The second kappa shape index (κ2) is 6.36. The van der Waals surface area contributed by atoms with E-state index in [1.165, 1.54) is 0 Å². The summed E-state index contributed by atoms with van der Waals surface area (Å²) in [5.41, 5.74) is 12.6. The standard InChI is InChI=1S/C16H24N4O3/c1-16(2,3)23-15(22)20-8-6-19(7-9-20)13-10-11(14(18)21)4-5-12(13)17/h4-5,10H,6-9,17H2,1-3H3,(H2,18,21). The van der Waals surface area contributed by atoms with Crippen LogP contribution in [0, 0.1) is 0 Å². The molecular weight excluding hydrogens is 296 g/mol. The van der Waals surface area contributed by atoms with Crippen molar-refractivity contribution in [2.45, 2.75) is 26.4 Å². The normalized spacial score (nSPS) is 15.4. The van der Waals surface area contributed by atoms with Crippen LogP contribution in [0.2, 0.25) is 0 Å². The summed E-state index contributed by atoms with van der Waals surface area (Å²) in [5.74, 6) is -0.487. The minimum Gasteiger partial charge on any atom is -0.444 e. The average molecular weight is 320 g/mol. The van der Waals surface area contributed by atoms with Gasteiger partial charge in [-0.25, -0.2) is 4.79 Å². The van der Waals surface area contributed by atoms with E-state index in [4.69, 9.17) is 16.2 Å². The number of amides is 2. The van der Waals surface area contributed by atoms with E-state index in [1.807, 2.05) is 25.7 Å². The quantitative estimate of drug-likeness (QED) is 0.803. The lowest BCUT2D eigenvalue weighted by atomic mass is 10.1. The second-order valence-electron chi connectivity index (χ2n) is 6.59. The molecule has 1 aliphatic rings. The van der Waals surface area contributed by atoms with Gasteiger partial charge in [-0.05, 0) is 39.0 Å². The van der Waals surface area contributed by atoms with Gasteiger partial charge in [0.2, 0.25) is 5.91 Å². The van der Waals surface area contributed by atoms with Crippen LogP contribution in [0.25, 0.3) is 0 Å². The van der Waals surface area contributed by atoms with Crippen LogP contribution in [0.15, 0.2) is 18.2 Å². The van der Waals surface area contributed by atoms with Crippen molar-refractivity contribution in [2.24, 2.45) is 5.73 Å². The minimum atomic E-state index is -0.505. The molecule has 1 heterocycles. The summed E-state index contributed by atoms with van der Waals surface area (Å²) in [6, 6.07) is 4.98. The molecular formula is C16H24N4O3. The predicted octanol–water partition coefficient (Wildman–Crippen LogP) is 1.42. The molecule has 1 aromatic rings. The summed E-state index contributed by atoms with van der Waals surface area (Å²) >= 11 is 0. The maximum Gasteiger partial charge on any atom is 0.410 e. The van der Waals surface area contributed by atoms with Crippen molar-refractivity contribution in [1.29, 1.82) is 0 Å². The summed E-state index contributed by atoms with van der Waals surface area (Å²) in [7, 11) is 0. The molecule has 126 valence electrons. The molecule has 0 unspecified atom stereocenters. The van der Waals surface area contributed by atoms with Crippen molar-refractivity contribution in [3.05, 3.63) is 23.8 Å². The lowest BCUT2D eigenvalue weighted by molar-refractivity contribution is 0.0240. The van der Waals surface area contributed by atoms with Gasteiger partial charge in [-0.1, -0.05) is 0 Å². The SMILES string of the molecule is CC(C)(C)OC(=O)N1CCN(c2cc(C(N)=O)ccc2N)CC1. The number of nitrogens with two attached hydrogens (primary N) is 2. The molecule has 0 spiro atoms. The Morgan fingerprint density at radius 3 is 2.26 bits per heavy atom. The number of hydrogen-bond donors (Lipinski definition) is 2. The molecule has 2 rings (SSSR count). The van der Waals surface area contributed by atoms with Crippen LogP contribution in [0.4, 0.5) is 16.2 Å². The molecule has 1 saturated heterocycles. The third-order valence-electron chi connectivity index (χ3n) is 3.59.